The van der Waals surface area contributed by atoms with Crippen LogP contribution in [-0.4, -0.2) is 47.4 Å². The number of carbonyl (C=O) groups excluding carboxylic acids is 3. The van der Waals surface area contributed by atoms with Gasteiger partial charge in [0.15, 0.2) is 5.13 Å². The Morgan fingerprint density at radius 1 is 1.07 bits per heavy atom. The Morgan fingerprint density at radius 3 is 2.13 bits per heavy atom. The molecule has 0 aliphatic rings. The first-order valence-electron chi connectivity index (χ1n) is 10.00. The number of carbonyl (C=O) groups is 3. The molecule has 0 unspecified atom stereocenters. The van der Waals surface area contributed by atoms with Crippen molar-refractivity contribution < 1.29 is 28.6 Å². The SMILES string of the molecule is CCOC(=O)c1sc(N(C[C@H](C)CC(=O)OC(C)(C)C)C(=O)OC(C)(C)C)nc1C. The normalized spacial score (nSPS) is 12.8. The van der Waals surface area contributed by atoms with Gasteiger partial charge in [-0.15, -0.1) is 0 Å². The molecule has 9 heteroatoms. The van der Waals surface area contributed by atoms with Crippen LogP contribution in [0.3, 0.4) is 0 Å². The molecule has 30 heavy (non-hydrogen) atoms. The second-order valence-corrected chi connectivity index (χ2v) is 10.1. The number of hydrogen-bond donors (Lipinski definition) is 0. The number of esters is 2. The molecule has 0 aliphatic carbocycles. The number of hydrogen-bond acceptors (Lipinski definition) is 8. The summed E-state index contributed by atoms with van der Waals surface area (Å²) in [7, 11) is 0. The maximum atomic E-state index is 12.9. The van der Waals surface area contributed by atoms with E-state index in [1.165, 1.54) is 4.90 Å². The van der Waals surface area contributed by atoms with Crippen molar-refractivity contribution >= 4 is 34.5 Å². The number of amides is 1. The third kappa shape index (κ3) is 8.69. The molecule has 0 saturated heterocycles. The molecule has 170 valence electrons. The first-order chi connectivity index (χ1) is 13.6. The molecule has 0 fully saturated rings. The molecule has 0 aliphatic heterocycles. The molecule has 0 aromatic carbocycles. The Hall–Kier alpha value is -2.16. The molecule has 0 N–H and O–H groups in total. The zero-order valence-electron chi connectivity index (χ0n) is 19.5. The van der Waals surface area contributed by atoms with Gasteiger partial charge in [0.25, 0.3) is 0 Å². The first-order valence-corrected chi connectivity index (χ1v) is 10.8. The highest BCUT2D eigenvalue weighted by atomic mass is 32.1. The van der Waals surface area contributed by atoms with Crippen LogP contribution in [0.5, 0.6) is 0 Å². The molecular formula is C21H34N2O6S. The summed E-state index contributed by atoms with van der Waals surface area (Å²) in [6.45, 7) is 16.4. The molecular weight excluding hydrogens is 408 g/mol. The smallest absolute Gasteiger partial charge is 0.416 e. The van der Waals surface area contributed by atoms with Gasteiger partial charge in [0.2, 0.25) is 0 Å². The van der Waals surface area contributed by atoms with E-state index in [0.29, 0.717) is 15.7 Å². The lowest BCUT2D eigenvalue weighted by Crippen LogP contribution is -2.40. The fourth-order valence-electron chi connectivity index (χ4n) is 2.48. The Bertz CT molecular complexity index is 761. The maximum absolute atomic E-state index is 12.9. The lowest BCUT2D eigenvalue weighted by Gasteiger charge is -2.28. The third-order valence-electron chi connectivity index (χ3n) is 3.52. The minimum Gasteiger partial charge on any atom is -0.462 e. The summed E-state index contributed by atoms with van der Waals surface area (Å²) in [6, 6.07) is 0. The van der Waals surface area contributed by atoms with Crippen LogP contribution in [0.25, 0.3) is 0 Å². The summed E-state index contributed by atoms with van der Waals surface area (Å²) in [5.74, 6) is -1.05. The molecule has 8 nitrogen and oxygen atoms in total. The Kier molecular flexibility index (Phi) is 8.83. The average Bonchev–Trinajstić information content (AvgIpc) is 2.90. The highest BCUT2D eigenvalue weighted by Gasteiger charge is 2.30. The molecule has 1 aromatic rings. The van der Waals surface area contributed by atoms with E-state index in [-0.39, 0.29) is 31.5 Å². The van der Waals surface area contributed by atoms with E-state index in [1.807, 2.05) is 6.92 Å². The van der Waals surface area contributed by atoms with Crippen LogP contribution < -0.4 is 4.90 Å². The average molecular weight is 443 g/mol. The second-order valence-electron chi connectivity index (χ2n) is 9.12. The van der Waals surface area contributed by atoms with Gasteiger partial charge in [0, 0.05) is 13.0 Å². The van der Waals surface area contributed by atoms with E-state index < -0.39 is 23.3 Å². The summed E-state index contributed by atoms with van der Waals surface area (Å²) in [5, 5.41) is 0.320. The summed E-state index contributed by atoms with van der Waals surface area (Å²) >= 11 is 1.06. The van der Waals surface area contributed by atoms with Gasteiger partial charge >= 0.3 is 18.0 Å². The third-order valence-corrected chi connectivity index (χ3v) is 4.68. The van der Waals surface area contributed by atoms with Gasteiger partial charge in [0.1, 0.15) is 16.1 Å². The molecule has 0 radical (unpaired) electrons. The molecule has 0 saturated carbocycles. The first kappa shape index (κ1) is 25.9. The lowest BCUT2D eigenvalue weighted by atomic mass is 10.1. The van der Waals surface area contributed by atoms with Crippen molar-refractivity contribution in [2.75, 3.05) is 18.1 Å². The van der Waals surface area contributed by atoms with Crippen LogP contribution in [0.4, 0.5) is 9.93 Å². The van der Waals surface area contributed by atoms with Gasteiger partial charge in [-0.1, -0.05) is 18.3 Å². The molecule has 1 atom stereocenters. The summed E-state index contributed by atoms with van der Waals surface area (Å²) < 4.78 is 15.9. The van der Waals surface area contributed by atoms with Gasteiger partial charge in [-0.25, -0.2) is 14.6 Å². The lowest BCUT2D eigenvalue weighted by molar-refractivity contribution is -0.155. The van der Waals surface area contributed by atoms with Gasteiger partial charge in [-0.05, 0) is 61.3 Å². The van der Waals surface area contributed by atoms with Crippen molar-refractivity contribution in [1.29, 1.82) is 0 Å². The largest absolute Gasteiger partial charge is 0.462 e. The number of aromatic nitrogens is 1. The van der Waals surface area contributed by atoms with Crippen LogP contribution in [0.2, 0.25) is 0 Å². The fourth-order valence-corrected chi connectivity index (χ4v) is 3.44. The van der Waals surface area contributed by atoms with Gasteiger partial charge < -0.3 is 14.2 Å². The molecule has 1 heterocycles. The number of rotatable bonds is 7. The molecule has 1 aromatic heterocycles. The number of aryl methyl sites for hydroxylation is 1. The summed E-state index contributed by atoms with van der Waals surface area (Å²) in [4.78, 5) is 43.3. The zero-order valence-corrected chi connectivity index (χ0v) is 20.3. The molecule has 1 amide bonds. The van der Waals surface area contributed by atoms with Gasteiger partial charge in [0.05, 0.1) is 12.3 Å². The predicted molar refractivity (Wildman–Crippen MR) is 116 cm³/mol. The van der Waals surface area contributed by atoms with Crippen LogP contribution in [0.1, 0.15) is 77.2 Å². The fraction of sp³-hybridized carbons (Fsp3) is 0.714. The van der Waals surface area contributed by atoms with Crippen molar-refractivity contribution in [1.82, 2.24) is 4.98 Å². The minimum atomic E-state index is -0.708. The number of anilines is 1. The van der Waals surface area contributed by atoms with Crippen LogP contribution >= 0.6 is 11.3 Å². The van der Waals surface area contributed by atoms with Crippen molar-refractivity contribution in [2.45, 2.75) is 79.9 Å². The highest BCUT2D eigenvalue weighted by molar-refractivity contribution is 7.17. The van der Waals surface area contributed by atoms with E-state index in [2.05, 4.69) is 4.98 Å². The van der Waals surface area contributed by atoms with Crippen LogP contribution in [-0.2, 0) is 19.0 Å². The zero-order chi connectivity index (χ0) is 23.3. The highest BCUT2D eigenvalue weighted by Crippen LogP contribution is 2.29. The standard InChI is InChI=1S/C21H34N2O6S/c1-10-27-17(25)16-14(3)22-18(30-16)23(19(26)29-21(7,8)9)12-13(2)11-15(24)28-20(4,5)6/h13H,10-12H2,1-9H3/t13-/m1/s1. The molecule has 0 spiro atoms. The van der Waals surface area contributed by atoms with E-state index in [0.717, 1.165) is 11.3 Å². The minimum absolute atomic E-state index is 0.131. The van der Waals surface area contributed by atoms with Gasteiger partial charge in [-0.2, -0.15) is 0 Å². The van der Waals surface area contributed by atoms with Crippen LogP contribution in [0.15, 0.2) is 0 Å². The molecule has 0 bridgehead atoms. The van der Waals surface area contributed by atoms with Crippen molar-refractivity contribution in [3.63, 3.8) is 0 Å². The topological polar surface area (TPSA) is 95.0 Å². The monoisotopic (exact) mass is 442 g/mol. The Balaban J connectivity index is 3.09. The quantitative estimate of drug-likeness (QED) is 0.445. The Labute approximate surface area is 182 Å². The van der Waals surface area contributed by atoms with Crippen molar-refractivity contribution in [2.24, 2.45) is 5.92 Å². The van der Waals surface area contributed by atoms with Gasteiger partial charge in [-0.3, -0.25) is 9.69 Å². The van der Waals surface area contributed by atoms with E-state index >= 15 is 0 Å². The van der Waals surface area contributed by atoms with Crippen LogP contribution in [0, 0.1) is 12.8 Å². The van der Waals surface area contributed by atoms with E-state index in [1.54, 1.807) is 55.4 Å². The van der Waals surface area contributed by atoms with E-state index in [4.69, 9.17) is 14.2 Å². The molecule has 1 rings (SSSR count). The summed E-state index contributed by atoms with van der Waals surface area (Å²) in [6.07, 6.45) is -0.464. The van der Waals surface area contributed by atoms with Crippen molar-refractivity contribution in [3.05, 3.63) is 10.6 Å². The second kappa shape index (κ2) is 10.2. The Morgan fingerprint density at radius 2 is 1.63 bits per heavy atom. The number of ether oxygens (including phenoxy) is 3. The number of nitrogens with zero attached hydrogens (tertiary/aromatic N) is 2. The summed E-state index contributed by atoms with van der Waals surface area (Å²) in [5.41, 5.74) is -0.815. The predicted octanol–water partition coefficient (Wildman–Crippen LogP) is 4.74. The maximum Gasteiger partial charge on any atom is 0.416 e. The van der Waals surface area contributed by atoms with E-state index in [9.17, 15) is 14.4 Å². The van der Waals surface area contributed by atoms with Crippen molar-refractivity contribution in [3.8, 4) is 0 Å². The number of thiazole rings is 1.